The minimum absolute atomic E-state index is 0.0193. The maximum absolute atomic E-state index is 12.5. The molecule has 0 bridgehead atoms. The summed E-state index contributed by atoms with van der Waals surface area (Å²) in [6.45, 7) is 0.159. The third kappa shape index (κ3) is 3.57. The number of carbonyl (C=O) groups excluding carboxylic acids is 1. The van der Waals surface area contributed by atoms with Gasteiger partial charge in [0.1, 0.15) is 12.5 Å². The van der Waals surface area contributed by atoms with Gasteiger partial charge in [-0.25, -0.2) is 0 Å². The molecule has 5 nitrogen and oxygen atoms in total. The van der Waals surface area contributed by atoms with Crippen molar-refractivity contribution < 1.29 is 19.0 Å². The van der Waals surface area contributed by atoms with Crippen LogP contribution in [0.2, 0.25) is 0 Å². The van der Waals surface area contributed by atoms with E-state index in [4.69, 9.17) is 14.2 Å². The van der Waals surface area contributed by atoms with Crippen LogP contribution in [-0.2, 0) is 14.3 Å². The molecule has 1 unspecified atom stereocenters. The van der Waals surface area contributed by atoms with Crippen LogP contribution in [-0.4, -0.2) is 39.1 Å². The summed E-state index contributed by atoms with van der Waals surface area (Å²) in [7, 11) is 3.22. The van der Waals surface area contributed by atoms with Crippen LogP contribution in [0.15, 0.2) is 24.3 Å². The van der Waals surface area contributed by atoms with Crippen LogP contribution >= 0.6 is 0 Å². The maximum Gasteiger partial charge on any atom is 0.258 e. The van der Waals surface area contributed by atoms with E-state index in [1.54, 1.807) is 14.2 Å². The van der Waals surface area contributed by atoms with Crippen molar-refractivity contribution in [3.63, 3.8) is 0 Å². The summed E-state index contributed by atoms with van der Waals surface area (Å²) in [6, 6.07) is 7.74. The number of amides is 1. The number of carbonyl (C=O) groups is 1. The predicted molar refractivity (Wildman–Crippen MR) is 92.2 cm³/mol. The average molecular weight is 333 g/mol. The third-order valence-electron chi connectivity index (χ3n) is 5.21. The molecule has 2 fully saturated rings. The molecule has 1 heterocycles. The largest absolute Gasteiger partial charge is 0.497 e. The van der Waals surface area contributed by atoms with Gasteiger partial charge in [-0.05, 0) is 36.6 Å². The summed E-state index contributed by atoms with van der Waals surface area (Å²) in [5.74, 6) is 1.71. The second-order valence-electron chi connectivity index (χ2n) is 6.70. The molecule has 1 saturated carbocycles. The van der Waals surface area contributed by atoms with Gasteiger partial charge in [0.05, 0.1) is 13.2 Å². The fourth-order valence-corrected chi connectivity index (χ4v) is 3.58. The Morgan fingerprint density at radius 3 is 2.46 bits per heavy atom. The third-order valence-corrected chi connectivity index (χ3v) is 5.21. The van der Waals surface area contributed by atoms with Crippen molar-refractivity contribution >= 4 is 11.6 Å². The summed E-state index contributed by atoms with van der Waals surface area (Å²) in [4.78, 5) is 14.4. The molecule has 2 atom stereocenters. The number of nitrogens with zero attached hydrogens (tertiary/aromatic N) is 1. The maximum atomic E-state index is 12.5. The van der Waals surface area contributed by atoms with Crippen molar-refractivity contribution in [2.24, 2.45) is 5.92 Å². The molecule has 1 saturated heterocycles. The number of methoxy groups -OCH3 is 2. The van der Waals surface area contributed by atoms with Gasteiger partial charge in [-0.2, -0.15) is 0 Å². The van der Waals surface area contributed by atoms with E-state index < -0.39 is 0 Å². The number of hydrogen-bond acceptors (Lipinski definition) is 4. The van der Waals surface area contributed by atoms with Crippen molar-refractivity contribution in [3.8, 4) is 5.75 Å². The van der Waals surface area contributed by atoms with Gasteiger partial charge < -0.3 is 19.1 Å². The van der Waals surface area contributed by atoms with E-state index in [0.717, 1.165) is 30.2 Å². The SMILES string of the molecule is COCO[C@H]1C(=O)N(c2ccc(OC)cc2)C1CCCC1CCC1. The van der Waals surface area contributed by atoms with E-state index in [9.17, 15) is 4.79 Å². The van der Waals surface area contributed by atoms with Crippen molar-refractivity contribution in [2.45, 2.75) is 50.7 Å². The minimum Gasteiger partial charge on any atom is -0.497 e. The Bertz CT molecular complexity index is 541. The molecule has 0 radical (unpaired) electrons. The molecule has 2 aliphatic rings. The lowest BCUT2D eigenvalue weighted by atomic mass is 9.80. The lowest BCUT2D eigenvalue weighted by Gasteiger charge is -2.46. The Labute approximate surface area is 143 Å². The first-order valence-corrected chi connectivity index (χ1v) is 8.82. The Morgan fingerprint density at radius 2 is 1.88 bits per heavy atom. The quantitative estimate of drug-likeness (QED) is 0.513. The van der Waals surface area contributed by atoms with E-state index in [1.807, 2.05) is 29.2 Å². The van der Waals surface area contributed by atoms with Crippen LogP contribution in [0, 0.1) is 5.92 Å². The van der Waals surface area contributed by atoms with Gasteiger partial charge in [0.15, 0.2) is 6.10 Å². The molecule has 132 valence electrons. The first-order chi connectivity index (χ1) is 11.7. The van der Waals surface area contributed by atoms with Crippen LogP contribution < -0.4 is 9.64 Å². The first-order valence-electron chi connectivity index (χ1n) is 8.82. The predicted octanol–water partition coefficient (Wildman–Crippen LogP) is 3.37. The van der Waals surface area contributed by atoms with Crippen LogP contribution in [0.25, 0.3) is 0 Å². The minimum atomic E-state index is -0.381. The van der Waals surface area contributed by atoms with E-state index >= 15 is 0 Å². The summed E-state index contributed by atoms with van der Waals surface area (Å²) in [6.07, 6.45) is 7.12. The summed E-state index contributed by atoms with van der Waals surface area (Å²) >= 11 is 0. The zero-order valence-electron chi connectivity index (χ0n) is 14.6. The van der Waals surface area contributed by atoms with E-state index in [0.29, 0.717) is 0 Å². The molecule has 1 aromatic carbocycles. The normalized spacial score (nSPS) is 23.8. The fourth-order valence-electron chi connectivity index (χ4n) is 3.58. The van der Waals surface area contributed by atoms with Gasteiger partial charge in [-0.1, -0.05) is 32.1 Å². The van der Waals surface area contributed by atoms with Crippen LogP contribution in [0.1, 0.15) is 38.5 Å². The fraction of sp³-hybridized carbons (Fsp3) is 0.632. The van der Waals surface area contributed by atoms with Gasteiger partial charge in [0.2, 0.25) is 0 Å². The van der Waals surface area contributed by atoms with Gasteiger partial charge in [-0.15, -0.1) is 0 Å². The summed E-state index contributed by atoms with van der Waals surface area (Å²) < 4.78 is 15.8. The Kier molecular flexibility index (Phi) is 5.74. The molecule has 1 amide bonds. The van der Waals surface area contributed by atoms with Gasteiger partial charge in [0.25, 0.3) is 5.91 Å². The lowest BCUT2D eigenvalue weighted by Crippen LogP contribution is -2.66. The Balaban J connectivity index is 1.63. The molecule has 1 aliphatic carbocycles. The van der Waals surface area contributed by atoms with Gasteiger partial charge in [-0.3, -0.25) is 4.79 Å². The second-order valence-corrected chi connectivity index (χ2v) is 6.70. The zero-order chi connectivity index (χ0) is 16.9. The molecule has 24 heavy (non-hydrogen) atoms. The molecule has 3 rings (SSSR count). The number of benzene rings is 1. The number of rotatable bonds is 9. The van der Waals surface area contributed by atoms with Crippen LogP contribution in [0.4, 0.5) is 5.69 Å². The highest BCUT2D eigenvalue weighted by atomic mass is 16.7. The topological polar surface area (TPSA) is 48.0 Å². The Morgan fingerprint density at radius 1 is 1.12 bits per heavy atom. The zero-order valence-corrected chi connectivity index (χ0v) is 14.6. The monoisotopic (exact) mass is 333 g/mol. The number of ether oxygens (including phenoxy) is 3. The average Bonchev–Trinajstić information content (AvgIpc) is 2.56. The molecule has 5 heteroatoms. The van der Waals surface area contributed by atoms with Gasteiger partial charge >= 0.3 is 0 Å². The molecule has 1 aromatic rings. The van der Waals surface area contributed by atoms with Crippen LogP contribution in [0.3, 0.4) is 0 Å². The highest BCUT2D eigenvalue weighted by molar-refractivity contribution is 6.04. The molecular weight excluding hydrogens is 306 g/mol. The van der Waals surface area contributed by atoms with E-state index in [1.165, 1.54) is 25.7 Å². The highest BCUT2D eigenvalue weighted by Crippen LogP contribution is 2.36. The number of β-lactam (4-membered cyclic amide) rings is 1. The summed E-state index contributed by atoms with van der Waals surface area (Å²) in [5.41, 5.74) is 0.909. The Hall–Kier alpha value is -1.59. The highest BCUT2D eigenvalue weighted by Gasteiger charge is 2.48. The smallest absolute Gasteiger partial charge is 0.258 e. The lowest BCUT2D eigenvalue weighted by molar-refractivity contribution is -0.154. The van der Waals surface area contributed by atoms with E-state index in [2.05, 4.69) is 0 Å². The number of hydrogen-bond donors (Lipinski definition) is 0. The van der Waals surface area contributed by atoms with Crippen molar-refractivity contribution in [3.05, 3.63) is 24.3 Å². The van der Waals surface area contributed by atoms with E-state index in [-0.39, 0.29) is 24.8 Å². The van der Waals surface area contributed by atoms with Gasteiger partial charge in [0, 0.05) is 12.8 Å². The first kappa shape index (κ1) is 17.2. The summed E-state index contributed by atoms with van der Waals surface area (Å²) in [5, 5.41) is 0. The van der Waals surface area contributed by atoms with Crippen LogP contribution in [0.5, 0.6) is 5.75 Å². The molecule has 1 aliphatic heterocycles. The molecule has 0 N–H and O–H groups in total. The van der Waals surface area contributed by atoms with Crippen molar-refractivity contribution in [1.29, 1.82) is 0 Å². The number of anilines is 1. The molecule has 0 spiro atoms. The molecular formula is C19H27NO4. The van der Waals surface area contributed by atoms with Crippen molar-refractivity contribution in [2.75, 3.05) is 25.9 Å². The standard InChI is InChI=1S/C19H27NO4/c1-22-13-24-18-17(8-4-7-14-5-3-6-14)20(19(18)21)15-9-11-16(23-2)12-10-15/h9-12,14,17-18H,3-8,13H2,1-2H3/t17?,18-/m1/s1. The van der Waals surface area contributed by atoms with Crippen molar-refractivity contribution in [1.82, 2.24) is 0 Å². The molecule has 0 aromatic heterocycles. The second kappa shape index (κ2) is 7.99.